The highest BCUT2D eigenvalue weighted by Crippen LogP contribution is 2.18. The molecule has 0 radical (unpaired) electrons. The second-order valence-corrected chi connectivity index (χ2v) is 5.30. The zero-order valence-corrected chi connectivity index (χ0v) is 12.0. The average molecular weight is 263 g/mol. The fourth-order valence-electron chi connectivity index (χ4n) is 2.10. The molecular formula is C14H21N3S. The molecule has 0 saturated carbocycles. The van der Waals surface area contributed by atoms with Crippen LogP contribution in [0.15, 0.2) is 24.3 Å². The van der Waals surface area contributed by atoms with Crippen LogP contribution in [-0.2, 0) is 13.1 Å². The van der Waals surface area contributed by atoms with Crippen LogP contribution in [0, 0.1) is 0 Å². The number of hydrogen-bond acceptors (Lipinski definition) is 3. The molecule has 18 heavy (non-hydrogen) atoms. The topological polar surface area (TPSA) is 29.9 Å². The first kappa shape index (κ1) is 13.4. The van der Waals surface area contributed by atoms with Crippen molar-refractivity contribution in [2.75, 3.05) is 18.6 Å². The molecule has 0 aliphatic carbocycles. The molecule has 0 atom stereocenters. The molecule has 0 saturated heterocycles. The van der Waals surface area contributed by atoms with Crippen LogP contribution in [0.25, 0.3) is 10.9 Å². The SMILES string of the molecule is CCNCc1nn(CCCSC)c2ccccc12. The van der Waals surface area contributed by atoms with Gasteiger partial charge in [-0.25, -0.2) is 0 Å². The van der Waals surface area contributed by atoms with E-state index in [1.165, 1.54) is 23.1 Å². The minimum Gasteiger partial charge on any atom is -0.311 e. The Morgan fingerprint density at radius 1 is 1.33 bits per heavy atom. The molecule has 0 aliphatic rings. The Morgan fingerprint density at radius 3 is 2.94 bits per heavy atom. The van der Waals surface area contributed by atoms with E-state index in [9.17, 15) is 0 Å². The van der Waals surface area contributed by atoms with E-state index in [-0.39, 0.29) is 0 Å². The van der Waals surface area contributed by atoms with Crippen molar-refractivity contribution in [2.24, 2.45) is 0 Å². The summed E-state index contributed by atoms with van der Waals surface area (Å²) in [6, 6.07) is 8.51. The summed E-state index contributed by atoms with van der Waals surface area (Å²) in [7, 11) is 0. The van der Waals surface area contributed by atoms with Gasteiger partial charge in [0.2, 0.25) is 0 Å². The van der Waals surface area contributed by atoms with Crippen molar-refractivity contribution >= 4 is 22.7 Å². The van der Waals surface area contributed by atoms with Crippen molar-refractivity contribution in [3.8, 4) is 0 Å². The lowest BCUT2D eigenvalue weighted by Gasteiger charge is -2.02. The smallest absolute Gasteiger partial charge is 0.0841 e. The zero-order chi connectivity index (χ0) is 12.8. The monoisotopic (exact) mass is 263 g/mol. The van der Waals surface area contributed by atoms with Crippen LogP contribution in [0.3, 0.4) is 0 Å². The molecule has 1 aromatic heterocycles. The van der Waals surface area contributed by atoms with Crippen molar-refractivity contribution < 1.29 is 0 Å². The number of nitrogens with zero attached hydrogens (tertiary/aromatic N) is 2. The maximum atomic E-state index is 4.74. The Bertz CT molecular complexity index is 493. The third-order valence-electron chi connectivity index (χ3n) is 3.00. The highest BCUT2D eigenvalue weighted by molar-refractivity contribution is 7.98. The maximum Gasteiger partial charge on any atom is 0.0841 e. The molecule has 1 aromatic carbocycles. The van der Waals surface area contributed by atoms with Gasteiger partial charge in [0.25, 0.3) is 0 Å². The van der Waals surface area contributed by atoms with Crippen molar-refractivity contribution in [1.82, 2.24) is 15.1 Å². The number of rotatable bonds is 7. The average Bonchev–Trinajstić information content (AvgIpc) is 2.76. The molecule has 0 unspecified atom stereocenters. The Balaban J connectivity index is 2.23. The summed E-state index contributed by atoms with van der Waals surface area (Å²) in [6.45, 7) is 4.96. The van der Waals surface area contributed by atoms with Crippen LogP contribution in [-0.4, -0.2) is 28.3 Å². The number of aryl methyl sites for hydroxylation is 1. The molecule has 98 valence electrons. The standard InChI is InChI=1S/C14H21N3S/c1-3-15-11-13-12-7-4-5-8-14(12)17(16-13)9-6-10-18-2/h4-5,7-8,15H,3,6,9-11H2,1-2H3. The Hall–Kier alpha value is -1.00. The zero-order valence-electron chi connectivity index (χ0n) is 11.1. The minimum atomic E-state index is 0.854. The summed E-state index contributed by atoms with van der Waals surface area (Å²) in [4.78, 5) is 0. The second-order valence-electron chi connectivity index (χ2n) is 4.31. The molecule has 0 fully saturated rings. The molecule has 0 spiro atoms. The fraction of sp³-hybridized carbons (Fsp3) is 0.500. The number of nitrogens with one attached hydrogen (secondary N) is 1. The molecule has 0 aliphatic heterocycles. The lowest BCUT2D eigenvalue weighted by molar-refractivity contribution is 0.604. The van der Waals surface area contributed by atoms with Crippen LogP contribution in [0.4, 0.5) is 0 Å². The van der Waals surface area contributed by atoms with Gasteiger partial charge in [-0.2, -0.15) is 16.9 Å². The second kappa shape index (κ2) is 6.81. The van der Waals surface area contributed by atoms with E-state index in [1.54, 1.807) is 0 Å². The van der Waals surface area contributed by atoms with E-state index in [1.807, 2.05) is 11.8 Å². The highest BCUT2D eigenvalue weighted by Gasteiger charge is 2.08. The molecule has 1 heterocycles. The predicted octanol–water partition coefficient (Wildman–Crippen LogP) is 2.90. The first-order valence-electron chi connectivity index (χ1n) is 6.51. The van der Waals surface area contributed by atoms with E-state index < -0.39 is 0 Å². The Morgan fingerprint density at radius 2 is 2.17 bits per heavy atom. The van der Waals surface area contributed by atoms with Gasteiger partial charge in [0.1, 0.15) is 0 Å². The molecular weight excluding hydrogens is 242 g/mol. The van der Waals surface area contributed by atoms with Gasteiger partial charge in [0.05, 0.1) is 11.2 Å². The number of hydrogen-bond donors (Lipinski definition) is 1. The number of para-hydroxylation sites is 1. The summed E-state index contributed by atoms with van der Waals surface area (Å²) >= 11 is 1.89. The summed E-state index contributed by atoms with van der Waals surface area (Å²) in [6.07, 6.45) is 3.32. The van der Waals surface area contributed by atoms with Gasteiger partial charge in [-0.05, 0) is 31.0 Å². The van der Waals surface area contributed by atoms with E-state index in [2.05, 4.69) is 47.4 Å². The van der Waals surface area contributed by atoms with Gasteiger partial charge in [0.15, 0.2) is 0 Å². The number of thioether (sulfide) groups is 1. The van der Waals surface area contributed by atoms with Crippen molar-refractivity contribution in [1.29, 1.82) is 0 Å². The van der Waals surface area contributed by atoms with Crippen LogP contribution in [0.1, 0.15) is 19.0 Å². The molecule has 0 amide bonds. The number of fused-ring (bicyclic) bond motifs is 1. The number of benzene rings is 1. The molecule has 1 N–H and O–H groups in total. The molecule has 4 heteroatoms. The summed E-state index contributed by atoms with van der Waals surface area (Å²) < 4.78 is 2.15. The summed E-state index contributed by atoms with van der Waals surface area (Å²) in [5, 5.41) is 9.38. The van der Waals surface area contributed by atoms with Gasteiger partial charge in [-0.1, -0.05) is 25.1 Å². The van der Waals surface area contributed by atoms with E-state index in [4.69, 9.17) is 5.10 Å². The van der Waals surface area contributed by atoms with Crippen molar-refractivity contribution in [3.05, 3.63) is 30.0 Å². The first-order valence-corrected chi connectivity index (χ1v) is 7.90. The number of aromatic nitrogens is 2. The Labute approximate surface area is 113 Å². The lowest BCUT2D eigenvalue weighted by Crippen LogP contribution is -2.12. The third-order valence-corrected chi connectivity index (χ3v) is 3.69. The van der Waals surface area contributed by atoms with E-state index in [0.717, 1.165) is 25.3 Å². The van der Waals surface area contributed by atoms with Gasteiger partial charge >= 0.3 is 0 Å². The quantitative estimate of drug-likeness (QED) is 0.779. The highest BCUT2D eigenvalue weighted by atomic mass is 32.2. The van der Waals surface area contributed by atoms with E-state index in [0.29, 0.717) is 0 Å². The van der Waals surface area contributed by atoms with Crippen molar-refractivity contribution in [3.63, 3.8) is 0 Å². The van der Waals surface area contributed by atoms with Crippen LogP contribution < -0.4 is 5.32 Å². The van der Waals surface area contributed by atoms with Crippen LogP contribution in [0.2, 0.25) is 0 Å². The van der Waals surface area contributed by atoms with Gasteiger partial charge in [-0.15, -0.1) is 0 Å². The van der Waals surface area contributed by atoms with Crippen LogP contribution in [0.5, 0.6) is 0 Å². The normalized spacial score (nSPS) is 11.2. The van der Waals surface area contributed by atoms with E-state index >= 15 is 0 Å². The van der Waals surface area contributed by atoms with Gasteiger partial charge in [0, 0.05) is 18.5 Å². The molecule has 0 bridgehead atoms. The molecule has 2 rings (SSSR count). The largest absolute Gasteiger partial charge is 0.311 e. The predicted molar refractivity (Wildman–Crippen MR) is 80.1 cm³/mol. The van der Waals surface area contributed by atoms with Gasteiger partial charge in [-0.3, -0.25) is 4.68 Å². The van der Waals surface area contributed by atoms with Crippen LogP contribution >= 0.6 is 11.8 Å². The Kier molecular flexibility index (Phi) is 5.08. The summed E-state index contributed by atoms with van der Waals surface area (Å²) in [5.74, 6) is 1.19. The van der Waals surface area contributed by atoms with Gasteiger partial charge < -0.3 is 5.32 Å². The molecule has 2 aromatic rings. The molecule has 3 nitrogen and oxygen atoms in total. The summed E-state index contributed by atoms with van der Waals surface area (Å²) in [5.41, 5.74) is 2.42. The fourth-order valence-corrected chi connectivity index (χ4v) is 2.52. The minimum absolute atomic E-state index is 0.854. The maximum absolute atomic E-state index is 4.74. The first-order chi connectivity index (χ1) is 8.86. The third kappa shape index (κ3) is 3.06. The van der Waals surface area contributed by atoms with Crippen molar-refractivity contribution in [2.45, 2.75) is 26.4 Å². The lowest BCUT2D eigenvalue weighted by atomic mass is 10.2.